The van der Waals surface area contributed by atoms with Gasteiger partial charge in [-0.25, -0.2) is 0 Å². The number of esters is 1. The summed E-state index contributed by atoms with van der Waals surface area (Å²) in [6.07, 6.45) is -4.64. The summed E-state index contributed by atoms with van der Waals surface area (Å²) in [6.45, 7) is 3.80. The van der Waals surface area contributed by atoms with E-state index in [-0.39, 0.29) is 68.5 Å². The number of ether oxygens (including phenoxy) is 1. The van der Waals surface area contributed by atoms with Crippen molar-refractivity contribution in [2.75, 3.05) is 45.1 Å². The third kappa shape index (κ3) is 6.68. The number of thioether (sulfide) groups is 1. The van der Waals surface area contributed by atoms with E-state index in [4.69, 9.17) is 16.3 Å². The van der Waals surface area contributed by atoms with Gasteiger partial charge in [-0.05, 0) is 43.3 Å². The zero-order chi connectivity index (χ0) is 28.3. The number of aromatic nitrogens is 1. The minimum absolute atomic E-state index is 0.0197. The molecular weight excluding hydrogens is 559 g/mol. The maximum atomic E-state index is 13.5. The molecule has 2 N–H and O–H groups in total. The summed E-state index contributed by atoms with van der Waals surface area (Å²) in [5, 5.41) is 10.8. The summed E-state index contributed by atoms with van der Waals surface area (Å²) < 4.78 is 45.6. The average Bonchev–Trinajstić information content (AvgIpc) is 2.88. The fourth-order valence-electron chi connectivity index (χ4n) is 4.33. The first-order valence-corrected chi connectivity index (χ1v) is 13.4. The van der Waals surface area contributed by atoms with Crippen molar-refractivity contribution >= 4 is 46.1 Å². The number of phenols is 1. The van der Waals surface area contributed by atoms with Gasteiger partial charge in [0.15, 0.2) is 0 Å². The molecule has 2 heterocycles. The van der Waals surface area contributed by atoms with Crippen molar-refractivity contribution in [2.24, 2.45) is 0 Å². The second kappa shape index (κ2) is 11.9. The Morgan fingerprint density at radius 1 is 1.13 bits per heavy atom. The minimum Gasteiger partial charge on any atom is -0.507 e. The number of hydrogen-bond acceptors (Lipinski definition) is 7. The molecule has 3 aromatic rings. The molecule has 1 fully saturated rings. The first kappa shape index (κ1) is 28.8. The second-order valence-electron chi connectivity index (χ2n) is 8.83. The van der Waals surface area contributed by atoms with Gasteiger partial charge in [0.25, 0.3) is 5.56 Å². The van der Waals surface area contributed by atoms with Crippen LogP contribution in [0.1, 0.15) is 12.5 Å². The standard InChI is InChI=1S/C26H25ClF3N3O5S/c1-2-38-22(36)13-32-7-9-33(10-8-32)21(35)14-39-24-23(18-12-16(27)4-6-20(18)34)17-11-15(26(28,29)30)3-5-19(17)31-25(24)37/h3-6,11-12,34H,2,7-10,13-14H2,1H3,(H,31,37). The molecule has 4 rings (SSSR count). The number of carbonyl (C=O) groups excluding carboxylic acids is 2. The van der Waals surface area contributed by atoms with E-state index >= 15 is 0 Å². The molecule has 0 saturated carbocycles. The normalized spacial score (nSPS) is 14.5. The molecular formula is C26H25ClF3N3O5S. The van der Waals surface area contributed by atoms with E-state index < -0.39 is 17.3 Å². The Morgan fingerprint density at radius 3 is 2.51 bits per heavy atom. The maximum Gasteiger partial charge on any atom is 0.416 e. The fourth-order valence-corrected chi connectivity index (χ4v) is 5.50. The van der Waals surface area contributed by atoms with Crippen LogP contribution in [-0.2, 0) is 20.5 Å². The minimum atomic E-state index is -4.64. The van der Waals surface area contributed by atoms with E-state index in [1.54, 1.807) is 11.8 Å². The number of halogens is 4. The highest BCUT2D eigenvalue weighted by atomic mass is 35.5. The summed E-state index contributed by atoms with van der Waals surface area (Å²) in [6, 6.07) is 6.97. The predicted octanol–water partition coefficient (Wildman–Crippen LogP) is 4.37. The summed E-state index contributed by atoms with van der Waals surface area (Å²) in [4.78, 5) is 43.9. The van der Waals surface area contributed by atoms with Crippen LogP contribution in [-0.4, -0.2) is 76.9 Å². The first-order chi connectivity index (χ1) is 18.5. The van der Waals surface area contributed by atoms with Crippen LogP contribution in [0.3, 0.4) is 0 Å². The third-order valence-corrected chi connectivity index (χ3v) is 7.55. The molecule has 1 saturated heterocycles. The van der Waals surface area contributed by atoms with Gasteiger partial charge in [0.05, 0.1) is 29.4 Å². The Hall–Kier alpha value is -3.22. The zero-order valence-corrected chi connectivity index (χ0v) is 22.4. The van der Waals surface area contributed by atoms with Gasteiger partial charge in [0.2, 0.25) is 5.91 Å². The van der Waals surface area contributed by atoms with Crippen LogP contribution in [0.25, 0.3) is 22.0 Å². The van der Waals surface area contributed by atoms with Crippen LogP contribution in [0.4, 0.5) is 13.2 Å². The Morgan fingerprint density at radius 2 is 1.85 bits per heavy atom. The van der Waals surface area contributed by atoms with Crippen LogP contribution in [0, 0.1) is 0 Å². The number of rotatable bonds is 7. The molecule has 208 valence electrons. The number of phenolic OH excluding ortho intramolecular Hbond substituents is 1. The quantitative estimate of drug-likeness (QED) is 0.314. The zero-order valence-electron chi connectivity index (χ0n) is 20.8. The topological polar surface area (TPSA) is 103 Å². The highest BCUT2D eigenvalue weighted by Crippen LogP contribution is 2.42. The smallest absolute Gasteiger partial charge is 0.416 e. The Bertz CT molecular complexity index is 1460. The van der Waals surface area contributed by atoms with Gasteiger partial charge < -0.3 is 19.7 Å². The van der Waals surface area contributed by atoms with Gasteiger partial charge >= 0.3 is 12.1 Å². The number of aromatic hydroxyl groups is 1. The molecule has 8 nitrogen and oxygen atoms in total. The number of hydrogen-bond donors (Lipinski definition) is 2. The molecule has 0 radical (unpaired) electrons. The van der Waals surface area contributed by atoms with E-state index in [2.05, 4.69) is 4.98 Å². The number of benzene rings is 2. The van der Waals surface area contributed by atoms with E-state index in [0.29, 0.717) is 26.2 Å². The molecule has 1 aromatic heterocycles. The van der Waals surface area contributed by atoms with Gasteiger partial charge in [-0.15, -0.1) is 11.8 Å². The number of amides is 1. The molecule has 39 heavy (non-hydrogen) atoms. The monoisotopic (exact) mass is 583 g/mol. The van der Waals surface area contributed by atoms with Crippen LogP contribution in [0.2, 0.25) is 5.02 Å². The number of aromatic amines is 1. The van der Waals surface area contributed by atoms with Crippen molar-refractivity contribution in [2.45, 2.75) is 18.0 Å². The van der Waals surface area contributed by atoms with Gasteiger partial charge in [0, 0.05) is 53.2 Å². The number of pyridine rings is 1. The van der Waals surface area contributed by atoms with Crippen molar-refractivity contribution in [3.63, 3.8) is 0 Å². The lowest BCUT2D eigenvalue weighted by Gasteiger charge is -2.34. The molecule has 0 unspecified atom stereocenters. The van der Waals surface area contributed by atoms with Gasteiger partial charge in [-0.1, -0.05) is 11.6 Å². The lowest BCUT2D eigenvalue weighted by atomic mass is 9.98. The highest BCUT2D eigenvalue weighted by molar-refractivity contribution is 8.00. The number of alkyl halides is 3. The van der Waals surface area contributed by atoms with Crippen LogP contribution < -0.4 is 5.56 Å². The van der Waals surface area contributed by atoms with Crippen molar-refractivity contribution in [1.29, 1.82) is 0 Å². The van der Waals surface area contributed by atoms with Crippen molar-refractivity contribution in [1.82, 2.24) is 14.8 Å². The fraction of sp³-hybridized carbons (Fsp3) is 0.346. The van der Waals surface area contributed by atoms with E-state index in [1.165, 1.54) is 18.2 Å². The van der Waals surface area contributed by atoms with E-state index in [0.717, 1.165) is 30.0 Å². The van der Waals surface area contributed by atoms with E-state index in [9.17, 15) is 32.7 Å². The average molecular weight is 584 g/mol. The van der Waals surface area contributed by atoms with E-state index in [1.807, 2.05) is 4.90 Å². The molecule has 0 aliphatic carbocycles. The molecule has 0 bridgehead atoms. The van der Waals surface area contributed by atoms with Crippen LogP contribution in [0.5, 0.6) is 5.75 Å². The Labute approximate surface area is 230 Å². The number of H-pyrrole nitrogens is 1. The number of piperazine rings is 1. The summed E-state index contributed by atoms with van der Waals surface area (Å²) >= 11 is 7.00. The number of nitrogens with one attached hydrogen (secondary N) is 1. The van der Waals surface area contributed by atoms with Crippen LogP contribution >= 0.6 is 23.4 Å². The molecule has 0 atom stereocenters. The largest absolute Gasteiger partial charge is 0.507 e. The Balaban J connectivity index is 1.63. The lowest BCUT2D eigenvalue weighted by Crippen LogP contribution is -2.50. The van der Waals surface area contributed by atoms with Crippen molar-refractivity contribution < 1.29 is 32.6 Å². The van der Waals surface area contributed by atoms with Gasteiger partial charge in [-0.3, -0.25) is 19.3 Å². The molecule has 0 spiro atoms. The summed E-state index contributed by atoms with van der Waals surface area (Å²) in [5.74, 6) is -1.07. The van der Waals surface area contributed by atoms with Gasteiger partial charge in [0.1, 0.15) is 5.75 Å². The maximum absolute atomic E-state index is 13.5. The SMILES string of the molecule is CCOC(=O)CN1CCN(C(=O)CSc2c(-c3cc(Cl)ccc3O)c3cc(C(F)(F)F)ccc3[nH]c2=O)CC1. The van der Waals surface area contributed by atoms with Crippen LogP contribution in [0.15, 0.2) is 46.1 Å². The molecule has 13 heteroatoms. The second-order valence-corrected chi connectivity index (χ2v) is 10.3. The van der Waals surface area contributed by atoms with Gasteiger partial charge in [-0.2, -0.15) is 13.2 Å². The summed E-state index contributed by atoms with van der Waals surface area (Å²) in [7, 11) is 0. The lowest BCUT2D eigenvalue weighted by molar-refractivity contribution is -0.145. The number of nitrogens with zero attached hydrogens (tertiary/aromatic N) is 2. The Kier molecular flexibility index (Phi) is 8.77. The highest BCUT2D eigenvalue weighted by Gasteiger charge is 2.31. The predicted molar refractivity (Wildman–Crippen MR) is 142 cm³/mol. The third-order valence-electron chi connectivity index (χ3n) is 6.25. The number of fused-ring (bicyclic) bond motifs is 1. The number of carbonyl (C=O) groups is 2. The van der Waals surface area contributed by atoms with Crippen molar-refractivity contribution in [3.05, 3.63) is 57.3 Å². The molecule has 1 aliphatic heterocycles. The first-order valence-electron chi connectivity index (χ1n) is 12.0. The molecule has 1 amide bonds. The summed E-state index contributed by atoms with van der Waals surface area (Å²) in [5.41, 5.74) is -1.29. The molecule has 1 aliphatic rings. The van der Waals surface area contributed by atoms with Crippen molar-refractivity contribution in [3.8, 4) is 16.9 Å². The molecule has 2 aromatic carbocycles.